The number of carbonyl (C=O) groups is 1. The Morgan fingerprint density at radius 3 is 2.94 bits per heavy atom. The molecule has 0 aliphatic carbocycles. The maximum atomic E-state index is 11.0. The summed E-state index contributed by atoms with van der Waals surface area (Å²) >= 11 is 0. The van der Waals surface area contributed by atoms with Gasteiger partial charge in [0.1, 0.15) is 0 Å². The molecule has 5 heteroatoms. The lowest BCUT2D eigenvalue weighted by Crippen LogP contribution is -2.28. The average molecular weight is 222 g/mol. The molecule has 0 unspecified atom stereocenters. The molecule has 86 valence electrons. The third-order valence-corrected chi connectivity index (χ3v) is 2.09. The third kappa shape index (κ3) is 2.80. The van der Waals surface area contributed by atoms with Crippen LogP contribution in [0.15, 0.2) is 31.1 Å². The van der Waals surface area contributed by atoms with Gasteiger partial charge in [0.2, 0.25) is 0 Å². The van der Waals surface area contributed by atoms with Gasteiger partial charge in [0.25, 0.3) is 0 Å². The maximum Gasteiger partial charge on any atom is 0.337 e. The summed E-state index contributed by atoms with van der Waals surface area (Å²) in [6, 6.07) is 1.44. The number of carboxylic acids is 1. The highest BCUT2D eigenvalue weighted by atomic mass is 16.4. The Kier molecular flexibility index (Phi) is 4.47. The van der Waals surface area contributed by atoms with Crippen molar-refractivity contribution in [1.29, 1.82) is 0 Å². The number of aliphatic hydroxyl groups is 1. The van der Waals surface area contributed by atoms with E-state index in [1.165, 1.54) is 18.5 Å². The van der Waals surface area contributed by atoms with E-state index >= 15 is 0 Å². The quantitative estimate of drug-likeness (QED) is 0.695. The predicted molar refractivity (Wildman–Crippen MR) is 60.7 cm³/mol. The Balaban J connectivity index is 3.06. The van der Waals surface area contributed by atoms with Crippen molar-refractivity contribution in [2.75, 3.05) is 24.6 Å². The second-order valence-electron chi connectivity index (χ2n) is 3.16. The number of carboxylic acid groups (broad SMARTS) is 1. The van der Waals surface area contributed by atoms with Crippen LogP contribution in [0, 0.1) is 0 Å². The second-order valence-corrected chi connectivity index (χ2v) is 3.16. The lowest BCUT2D eigenvalue weighted by molar-refractivity contribution is 0.0697. The van der Waals surface area contributed by atoms with E-state index in [1.807, 2.05) is 0 Å². The first-order chi connectivity index (χ1) is 7.70. The van der Waals surface area contributed by atoms with E-state index in [0.29, 0.717) is 18.8 Å². The van der Waals surface area contributed by atoms with Crippen LogP contribution in [-0.4, -0.2) is 40.9 Å². The lowest BCUT2D eigenvalue weighted by atomic mass is 10.2. The molecule has 0 amide bonds. The minimum absolute atomic E-state index is 0.0538. The van der Waals surface area contributed by atoms with Crippen LogP contribution in [0.1, 0.15) is 10.4 Å². The molecule has 0 aliphatic heterocycles. The molecule has 0 saturated carbocycles. The Morgan fingerprint density at radius 1 is 1.62 bits per heavy atom. The monoisotopic (exact) mass is 222 g/mol. The van der Waals surface area contributed by atoms with Gasteiger partial charge in [0.05, 0.1) is 24.1 Å². The highest BCUT2D eigenvalue weighted by molar-refractivity contribution is 5.94. The van der Waals surface area contributed by atoms with Gasteiger partial charge >= 0.3 is 5.97 Å². The van der Waals surface area contributed by atoms with E-state index < -0.39 is 5.97 Å². The van der Waals surface area contributed by atoms with Crippen molar-refractivity contribution < 1.29 is 15.0 Å². The molecular weight excluding hydrogens is 208 g/mol. The molecular formula is C11H14N2O3. The first kappa shape index (κ1) is 12.2. The van der Waals surface area contributed by atoms with Gasteiger partial charge in [-0.2, -0.15) is 0 Å². The molecule has 0 radical (unpaired) electrons. The summed E-state index contributed by atoms with van der Waals surface area (Å²) in [5.74, 6) is -1.01. The van der Waals surface area contributed by atoms with Crippen LogP contribution in [0.2, 0.25) is 0 Å². The number of aromatic nitrogens is 1. The van der Waals surface area contributed by atoms with E-state index in [2.05, 4.69) is 11.6 Å². The highest BCUT2D eigenvalue weighted by Gasteiger charge is 2.14. The maximum absolute atomic E-state index is 11.0. The van der Waals surface area contributed by atoms with Crippen molar-refractivity contribution in [2.24, 2.45) is 0 Å². The van der Waals surface area contributed by atoms with Crippen molar-refractivity contribution in [1.82, 2.24) is 4.98 Å². The Morgan fingerprint density at radius 2 is 2.38 bits per heavy atom. The van der Waals surface area contributed by atoms with E-state index in [9.17, 15) is 4.79 Å². The largest absolute Gasteiger partial charge is 0.478 e. The van der Waals surface area contributed by atoms with Crippen LogP contribution >= 0.6 is 0 Å². The average Bonchev–Trinajstić information content (AvgIpc) is 2.29. The fourth-order valence-electron chi connectivity index (χ4n) is 1.41. The number of pyridine rings is 1. The Labute approximate surface area is 93.7 Å². The highest BCUT2D eigenvalue weighted by Crippen LogP contribution is 2.18. The summed E-state index contributed by atoms with van der Waals surface area (Å²) in [5, 5.41) is 17.9. The summed E-state index contributed by atoms with van der Waals surface area (Å²) < 4.78 is 0. The molecule has 0 spiro atoms. The van der Waals surface area contributed by atoms with E-state index in [4.69, 9.17) is 10.2 Å². The van der Waals surface area contributed by atoms with Gasteiger partial charge in [0.15, 0.2) is 0 Å². The molecule has 0 aromatic carbocycles. The predicted octanol–water partition coefficient (Wildman–Crippen LogP) is 0.764. The van der Waals surface area contributed by atoms with Gasteiger partial charge in [-0.15, -0.1) is 6.58 Å². The van der Waals surface area contributed by atoms with Crippen LogP contribution < -0.4 is 4.90 Å². The molecule has 2 N–H and O–H groups in total. The minimum atomic E-state index is -1.01. The summed E-state index contributed by atoms with van der Waals surface area (Å²) in [6.07, 6.45) is 4.55. The molecule has 1 aromatic heterocycles. The molecule has 16 heavy (non-hydrogen) atoms. The topological polar surface area (TPSA) is 73.7 Å². The van der Waals surface area contributed by atoms with Crippen molar-refractivity contribution in [3.8, 4) is 0 Å². The summed E-state index contributed by atoms with van der Waals surface area (Å²) in [7, 11) is 0. The van der Waals surface area contributed by atoms with Crippen LogP contribution in [0.4, 0.5) is 5.69 Å². The summed E-state index contributed by atoms with van der Waals surface area (Å²) in [6.45, 7) is 4.35. The van der Waals surface area contributed by atoms with Gasteiger partial charge in [-0.1, -0.05) is 6.08 Å². The number of anilines is 1. The zero-order valence-corrected chi connectivity index (χ0v) is 8.83. The molecule has 1 heterocycles. The summed E-state index contributed by atoms with van der Waals surface area (Å²) in [5.41, 5.74) is 0.661. The molecule has 1 rings (SSSR count). The van der Waals surface area contributed by atoms with Crippen molar-refractivity contribution in [2.45, 2.75) is 0 Å². The van der Waals surface area contributed by atoms with Crippen LogP contribution in [0.5, 0.6) is 0 Å². The number of aromatic carboxylic acids is 1. The lowest BCUT2D eigenvalue weighted by Gasteiger charge is -2.23. The smallest absolute Gasteiger partial charge is 0.337 e. The number of nitrogens with zero attached hydrogens (tertiary/aromatic N) is 2. The molecule has 0 aliphatic rings. The SMILES string of the molecule is C=CCN(CCO)c1cnccc1C(=O)O. The first-order valence-electron chi connectivity index (χ1n) is 4.84. The van der Waals surface area contributed by atoms with E-state index in [1.54, 1.807) is 11.0 Å². The molecule has 0 saturated heterocycles. The van der Waals surface area contributed by atoms with Gasteiger partial charge in [-0.05, 0) is 6.07 Å². The number of hydrogen-bond donors (Lipinski definition) is 2. The van der Waals surface area contributed by atoms with Gasteiger partial charge in [0, 0.05) is 19.3 Å². The van der Waals surface area contributed by atoms with Gasteiger partial charge in [-0.3, -0.25) is 4.98 Å². The van der Waals surface area contributed by atoms with Crippen molar-refractivity contribution >= 4 is 11.7 Å². The molecule has 5 nitrogen and oxygen atoms in total. The Hall–Kier alpha value is -1.88. The fraction of sp³-hybridized carbons (Fsp3) is 0.273. The number of hydrogen-bond acceptors (Lipinski definition) is 4. The normalized spacial score (nSPS) is 9.81. The number of aliphatic hydroxyl groups excluding tert-OH is 1. The van der Waals surface area contributed by atoms with E-state index in [-0.39, 0.29) is 12.2 Å². The van der Waals surface area contributed by atoms with Crippen molar-refractivity contribution in [3.63, 3.8) is 0 Å². The molecule has 0 fully saturated rings. The van der Waals surface area contributed by atoms with E-state index in [0.717, 1.165) is 0 Å². The zero-order valence-electron chi connectivity index (χ0n) is 8.83. The fourth-order valence-corrected chi connectivity index (χ4v) is 1.41. The standard InChI is InChI=1S/C11H14N2O3/c1-2-5-13(6-7-14)10-8-12-4-3-9(10)11(15)16/h2-4,8,14H,1,5-7H2,(H,15,16). The first-order valence-corrected chi connectivity index (χ1v) is 4.84. The van der Waals surface area contributed by atoms with Crippen molar-refractivity contribution in [3.05, 3.63) is 36.7 Å². The van der Waals surface area contributed by atoms with Crippen LogP contribution in [-0.2, 0) is 0 Å². The van der Waals surface area contributed by atoms with Crippen LogP contribution in [0.3, 0.4) is 0 Å². The van der Waals surface area contributed by atoms with Gasteiger partial charge in [-0.25, -0.2) is 4.79 Å². The molecule has 1 aromatic rings. The molecule has 0 atom stereocenters. The molecule has 0 bridgehead atoms. The zero-order chi connectivity index (χ0) is 12.0. The number of rotatable bonds is 6. The summed E-state index contributed by atoms with van der Waals surface area (Å²) in [4.78, 5) is 16.6. The minimum Gasteiger partial charge on any atom is -0.478 e. The van der Waals surface area contributed by atoms with Gasteiger partial charge < -0.3 is 15.1 Å². The van der Waals surface area contributed by atoms with Crippen LogP contribution in [0.25, 0.3) is 0 Å². The third-order valence-electron chi connectivity index (χ3n) is 2.09. The Bertz CT molecular complexity index is 379. The second kappa shape index (κ2) is 5.87.